The summed E-state index contributed by atoms with van der Waals surface area (Å²) in [6, 6.07) is 0. The van der Waals surface area contributed by atoms with E-state index in [0.29, 0.717) is 4.91 Å². The van der Waals surface area contributed by atoms with Crippen molar-refractivity contribution in [1.29, 1.82) is 0 Å². The molecule has 0 aromatic rings. The van der Waals surface area contributed by atoms with Crippen LogP contribution in [0.3, 0.4) is 0 Å². The zero-order valence-corrected chi connectivity index (χ0v) is 10.0. The fourth-order valence-electron chi connectivity index (χ4n) is 0.395. The molecule has 4 heteroatoms. The van der Waals surface area contributed by atoms with Gasteiger partial charge in [0.05, 0.1) is 5.60 Å². The van der Waals surface area contributed by atoms with Crippen LogP contribution in [0.25, 0.3) is 0 Å². The van der Waals surface area contributed by atoms with Crippen molar-refractivity contribution in [2.45, 2.75) is 38.9 Å². The Bertz CT molecular complexity index is 229. The van der Waals surface area contributed by atoms with E-state index in [0.717, 1.165) is 12.0 Å². The number of aliphatic hydroxyl groups is 1. The largest absolute Gasteiger partial charge is 0.405 e. The van der Waals surface area contributed by atoms with Crippen molar-refractivity contribution < 1.29 is 9.29 Å². The summed E-state index contributed by atoms with van der Waals surface area (Å²) in [7, 11) is 0. The Morgan fingerprint density at radius 1 is 1.43 bits per heavy atom. The van der Waals surface area contributed by atoms with Crippen LogP contribution < -0.4 is 5.73 Å². The highest BCUT2D eigenvalue weighted by molar-refractivity contribution is 7.98. The van der Waals surface area contributed by atoms with Crippen LogP contribution in [-0.2, 0) is 4.18 Å². The lowest BCUT2D eigenvalue weighted by Crippen LogP contribution is -2.45. The third-order valence-electron chi connectivity index (χ3n) is 2.11. The summed E-state index contributed by atoms with van der Waals surface area (Å²) in [4.78, 5) is 0.699. The van der Waals surface area contributed by atoms with Gasteiger partial charge in [-0.3, -0.25) is 0 Å². The average Bonchev–Trinajstić information content (AvgIpc) is 1.99. The predicted molar refractivity (Wildman–Crippen MR) is 61.5 cm³/mol. The number of hydrogen-bond donors (Lipinski definition) is 2. The lowest BCUT2D eigenvalue weighted by Gasteiger charge is -2.35. The van der Waals surface area contributed by atoms with Crippen LogP contribution in [0.5, 0.6) is 0 Å². The molecule has 0 aromatic carbocycles. The molecule has 0 bridgehead atoms. The molecular weight excluding hydrogens is 198 g/mol. The quantitative estimate of drug-likeness (QED) is 0.547. The van der Waals surface area contributed by atoms with Crippen LogP contribution in [0.4, 0.5) is 0 Å². The second-order valence-corrected chi connectivity index (χ2v) is 4.92. The van der Waals surface area contributed by atoms with Crippen LogP contribution in [0.1, 0.15) is 27.7 Å². The molecule has 0 saturated heterocycles. The number of hydrogen-bond acceptors (Lipinski definition) is 4. The van der Waals surface area contributed by atoms with Crippen molar-refractivity contribution in [2.24, 2.45) is 5.73 Å². The van der Waals surface area contributed by atoms with Crippen molar-refractivity contribution in [2.75, 3.05) is 0 Å². The van der Waals surface area contributed by atoms with E-state index in [4.69, 9.17) is 9.92 Å². The summed E-state index contributed by atoms with van der Waals surface area (Å²) < 4.78 is 5.47. The van der Waals surface area contributed by atoms with Crippen LogP contribution in [0.2, 0.25) is 0 Å². The van der Waals surface area contributed by atoms with Gasteiger partial charge in [-0.2, -0.15) is 0 Å². The van der Waals surface area contributed by atoms with Gasteiger partial charge < -0.3 is 15.0 Å². The molecule has 0 atom stereocenters. The predicted octanol–water partition coefficient (Wildman–Crippen LogP) is 2.19. The first-order valence-electron chi connectivity index (χ1n) is 4.36. The summed E-state index contributed by atoms with van der Waals surface area (Å²) in [6.45, 7) is 10.8. The Morgan fingerprint density at radius 2 is 1.93 bits per heavy atom. The normalized spacial score (nSPS) is 13.5. The highest BCUT2D eigenvalue weighted by Gasteiger charge is 2.36. The van der Waals surface area contributed by atoms with Crippen molar-refractivity contribution in [3.05, 3.63) is 23.8 Å². The monoisotopic (exact) mass is 217 g/mol. The Balaban J connectivity index is 4.19. The molecule has 3 nitrogen and oxygen atoms in total. The molecule has 0 aliphatic heterocycles. The summed E-state index contributed by atoms with van der Waals surface area (Å²) in [5, 5.41) is 9.78. The molecule has 82 valence electrons. The zero-order valence-electron chi connectivity index (χ0n) is 9.20. The van der Waals surface area contributed by atoms with Crippen molar-refractivity contribution in [3.8, 4) is 0 Å². The van der Waals surface area contributed by atoms with Crippen molar-refractivity contribution in [1.82, 2.24) is 0 Å². The third kappa shape index (κ3) is 4.17. The van der Waals surface area contributed by atoms with E-state index in [1.165, 1.54) is 6.20 Å². The maximum atomic E-state index is 9.78. The fourth-order valence-corrected chi connectivity index (χ4v) is 1.05. The maximum absolute atomic E-state index is 9.78. The van der Waals surface area contributed by atoms with Gasteiger partial charge in [-0.05, 0) is 40.0 Å². The van der Waals surface area contributed by atoms with Gasteiger partial charge in [-0.25, -0.2) is 0 Å². The van der Waals surface area contributed by atoms with Crippen LogP contribution in [-0.4, -0.2) is 16.3 Å². The second-order valence-electron chi connectivity index (χ2n) is 4.06. The molecule has 14 heavy (non-hydrogen) atoms. The van der Waals surface area contributed by atoms with E-state index < -0.39 is 11.2 Å². The smallest absolute Gasteiger partial charge is 0.106 e. The summed E-state index contributed by atoms with van der Waals surface area (Å²) in [5.74, 6) is 0. The van der Waals surface area contributed by atoms with E-state index in [2.05, 4.69) is 6.58 Å². The molecule has 3 N–H and O–H groups in total. The molecule has 0 amide bonds. The molecular formula is C10H19NO2S. The highest BCUT2D eigenvalue weighted by Crippen LogP contribution is 2.32. The van der Waals surface area contributed by atoms with Crippen LogP contribution >= 0.6 is 12.0 Å². The third-order valence-corrected chi connectivity index (χ3v) is 2.96. The lowest BCUT2D eigenvalue weighted by atomic mass is 9.90. The topological polar surface area (TPSA) is 55.5 Å². The van der Waals surface area contributed by atoms with Crippen molar-refractivity contribution >= 4 is 12.0 Å². The molecule has 0 fully saturated rings. The molecule has 0 saturated carbocycles. The highest BCUT2D eigenvalue weighted by atomic mass is 32.2. The van der Waals surface area contributed by atoms with Gasteiger partial charge in [0.1, 0.15) is 5.60 Å². The van der Waals surface area contributed by atoms with E-state index in [-0.39, 0.29) is 0 Å². The Morgan fingerprint density at radius 3 is 2.29 bits per heavy atom. The second kappa shape index (κ2) is 4.87. The van der Waals surface area contributed by atoms with E-state index in [1.54, 1.807) is 19.9 Å². The van der Waals surface area contributed by atoms with Gasteiger partial charge in [0.15, 0.2) is 0 Å². The van der Waals surface area contributed by atoms with Gasteiger partial charge >= 0.3 is 0 Å². The van der Waals surface area contributed by atoms with E-state index in [9.17, 15) is 5.11 Å². The molecule has 0 rings (SSSR count). The molecule has 0 radical (unpaired) electrons. The Labute approximate surface area is 90.2 Å². The minimum Gasteiger partial charge on any atom is -0.405 e. The minimum atomic E-state index is -0.910. The standard InChI is InChI=1S/C10H19NO2S/c1-8(6-7-11)14-13-10(4,5)9(2,3)12/h6-7,12H,1,11H2,2-5H3/b7-6-. The van der Waals surface area contributed by atoms with Gasteiger partial charge in [-0.15, -0.1) is 0 Å². The van der Waals surface area contributed by atoms with Gasteiger partial charge in [0.25, 0.3) is 0 Å². The first kappa shape index (κ1) is 13.5. The molecule has 0 spiro atoms. The summed E-state index contributed by atoms with van der Waals surface area (Å²) >= 11 is 1.11. The molecule has 0 aromatic heterocycles. The zero-order chi connectivity index (χ0) is 11.4. The van der Waals surface area contributed by atoms with Crippen molar-refractivity contribution in [3.63, 3.8) is 0 Å². The number of nitrogens with two attached hydrogens (primary N) is 1. The Hall–Kier alpha value is -0.450. The van der Waals surface area contributed by atoms with E-state index >= 15 is 0 Å². The molecule has 0 aliphatic carbocycles. The summed E-state index contributed by atoms with van der Waals surface area (Å²) in [5.41, 5.74) is 3.64. The van der Waals surface area contributed by atoms with E-state index in [1.807, 2.05) is 13.8 Å². The van der Waals surface area contributed by atoms with Gasteiger partial charge in [0, 0.05) is 16.9 Å². The number of rotatable bonds is 5. The lowest BCUT2D eigenvalue weighted by molar-refractivity contribution is -0.0809. The first-order valence-corrected chi connectivity index (χ1v) is 5.10. The van der Waals surface area contributed by atoms with Crippen LogP contribution in [0, 0.1) is 0 Å². The van der Waals surface area contributed by atoms with Gasteiger partial charge in [-0.1, -0.05) is 6.58 Å². The SMILES string of the molecule is C=C(/C=C\N)SOC(C)(C)C(C)(C)O. The first-order chi connectivity index (χ1) is 6.20. The molecule has 0 heterocycles. The summed E-state index contributed by atoms with van der Waals surface area (Å²) in [6.07, 6.45) is 3.04. The van der Waals surface area contributed by atoms with Gasteiger partial charge in [0.2, 0.25) is 0 Å². The molecule has 0 aliphatic rings. The minimum absolute atomic E-state index is 0.650. The average molecular weight is 217 g/mol. The molecule has 0 unspecified atom stereocenters. The number of allylic oxidation sites excluding steroid dienone is 1. The Kier molecular flexibility index (Phi) is 4.71. The fraction of sp³-hybridized carbons (Fsp3) is 0.600. The van der Waals surface area contributed by atoms with Crippen LogP contribution in [0.15, 0.2) is 23.8 Å². The maximum Gasteiger partial charge on any atom is 0.106 e.